The highest BCUT2D eigenvalue weighted by Gasteiger charge is 2.28. The number of esters is 2. The number of carbonyl (C=O) groups is 3. The second-order valence-corrected chi connectivity index (χ2v) is 11.6. The molecule has 0 amide bonds. The summed E-state index contributed by atoms with van der Waals surface area (Å²) in [6, 6.07) is 15.5. The number of halogens is 2. The van der Waals surface area contributed by atoms with Gasteiger partial charge in [0, 0.05) is 11.3 Å². The Morgan fingerprint density at radius 2 is 1.62 bits per heavy atom. The summed E-state index contributed by atoms with van der Waals surface area (Å²) in [4.78, 5) is 38.9. The van der Waals surface area contributed by atoms with Crippen LogP contribution in [0.4, 0.5) is 0 Å². The minimum absolute atomic E-state index is 0.0712. The Labute approximate surface area is 258 Å². The number of ketones is 1. The molecule has 2 aromatic carbocycles. The number of carbonyl (C=O) groups excluding carboxylic acids is 3. The quantitative estimate of drug-likeness (QED) is 0.0904. The predicted molar refractivity (Wildman–Crippen MR) is 166 cm³/mol. The van der Waals surface area contributed by atoms with Gasteiger partial charge in [-0.25, -0.2) is 9.59 Å². The standard InChI is InChI=1S/C29H25I2NO6S/c1-4-36-28(34)25-17(3)27(29(35)37-5-2)39-24(25)14-23(33)20(15-32)11-19-12-21(30)26(22(31)13-19)38-16-18-9-7-6-8-10-18/h6-13H,4-5,14,16H2,1-3H3. The van der Waals surface area contributed by atoms with Crippen LogP contribution in [0.2, 0.25) is 0 Å². The van der Waals surface area contributed by atoms with Crippen LogP contribution in [0.1, 0.15) is 55.4 Å². The monoisotopic (exact) mass is 769 g/mol. The maximum Gasteiger partial charge on any atom is 0.348 e. The van der Waals surface area contributed by atoms with Gasteiger partial charge >= 0.3 is 11.9 Å². The summed E-state index contributed by atoms with van der Waals surface area (Å²) in [7, 11) is 0. The number of Topliss-reactive ketones (excluding diaryl/α,β-unsaturated/α-hetero) is 1. The lowest BCUT2D eigenvalue weighted by atomic mass is 10.0. The first-order valence-corrected chi connectivity index (χ1v) is 14.9. The SMILES string of the molecule is CCOC(=O)c1sc(CC(=O)C(C#N)=Cc2cc(I)c(OCc3ccccc3)c(I)c2)c(C(=O)OCC)c1C. The van der Waals surface area contributed by atoms with Crippen molar-refractivity contribution >= 4 is 80.3 Å². The molecule has 0 aliphatic rings. The van der Waals surface area contributed by atoms with Crippen molar-refractivity contribution in [3.05, 3.63) is 87.2 Å². The predicted octanol–water partition coefficient (Wildman–Crippen LogP) is 6.92. The van der Waals surface area contributed by atoms with E-state index >= 15 is 0 Å². The molecular weight excluding hydrogens is 744 g/mol. The van der Waals surface area contributed by atoms with Gasteiger partial charge in [-0.05, 0) is 101 Å². The van der Waals surface area contributed by atoms with Gasteiger partial charge in [0.1, 0.15) is 23.3 Å². The lowest BCUT2D eigenvalue weighted by Crippen LogP contribution is -2.12. The lowest BCUT2D eigenvalue weighted by molar-refractivity contribution is -0.114. The largest absolute Gasteiger partial charge is 0.487 e. The highest BCUT2D eigenvalue weighted by molar-refractivity contribution is 14.1. The lowest BCUT2D eigenvalue weighted by Gasteiger charge is -2.12. The van der Waals surface area contributed by atoms with E-state index in [0.29, 0.717) is 22.6 Å². The fraction of sp³-hybridized carbons (Fsp3) is 0.241. The molecule has 0 aliphatic heterocycles. The minimum Gasteiger partial charge on any atom is -0.487 e. The van der Waals surface area contributed by atoms with Crippen molar-refractivity contribution in [1.82, 2.24) is 0 Å². The van der Waals surface area contributed by atoms with E-state index < -0.39 is 17.7 Å². The second-order valence-electron chi connectivity index (χ2n) is 8.15. The molecule has 1 heterocycles. The fourth-order valence-corrected chi connectivity index (χ4v) is 6.99. The molecule has 0 radical (unpaired) electrons. The van der Waals surface area contributed by atoms with E-state index in [2.05, 4.69) is 45.2 Å². The molecule has 7 nitrogen and oxygen atoms in total. The first-order valence-electron chi connectivity index (χ1n) is 12.0. The van der Waals surface area contributed by atoms with Gasteiger partial charge in [-0.1, -0.05) is 30.3 Å². The summed E-state index contributed by atoms with van der Waals surface area (Å²) in [6.45, 7) is 5.71. The molecule has 3 rings (SSSR count). The summed E-state index contributed by atoms with van der Waals surface area (Å²) in [5, 5.41) is 9.79. The number of allylic oxidation sites excluding steroid dienone is 1. The van der Waals surface area contributed by atoms with Crippen LogP contribution in [-0.4, -0.2) is 30.9 Å². The maximum absolute atomic E-state index is 13.2. The number of nitrogens with zero attached hydrogens (tertiary/aromatic N) is 1. The zero-order valence-corrected chi connectivity index (χ0v) is 26.6. The molecular formula is C29H25I2NO6S. The molecule has 10 heteroatoms. The van der Waals surface area contributed by atoms with Gasteiger partial charge in [-0.15, -0.1) is 11.3 Å². The number of nitriles is 1. The Morgan fingerprint density at radius 3 is 2.21 bits per heavy atom. The summed E-state index contributed by atoms with van der Waals surface area (Å²) in [5.74, 6) is -0.947. The van der Waals surface area contributed by atoms with Crippen molar-refractivity contribution in [2.24, 2.45) is 0 Å². The van der Waals surface area contributed by atoms with Gasteiger partial charge in [-0.2, -0.15) is 5.26 Å². The second kappa shape index (κ2) is 14.6. The van der Waals surface area contributed by atoms with Crippen LogP contribution in [0, 0.1) is 25.4 Å². The molecule has 0 atom stereocenters. The maximum atomic E-state index is 13.2. The first-order chi connectivity index (χ1) is 18.7. The normalized spacial score (nSPS) is 11.0. The van der Waals surface area contributed by atoms with E-state index in [1.807, 2.05) is 48.5 Å². The van der Waals surface area contributed by atoms with E-state index in [-0.39, 0.29) is 35.6 Å². The summed E-state index contributed by atoms with van der Waals surface area (Å²) in [6.07, 6.45) is 1.29. The molecule has 0 unspecified atom stereocenters. The summed E-state index contributed by atoms with van der Waals surface area (Å²) >= 11 is 5.34. The molecule has 3 aromatic rings. The van der Waals surface area contributed by atoms with E-state index in [1.165, 1.54) is 6.08 Å². The Kier molecular flexibility index (Phi) is 11.5. The van der Waals surface area contributed by atoms with Gasteiger partial charge in [0.25, 0.3) is 0 Å². The van der Waals surface area contributed by atoms with Gasteiger partial charge in [0.2, 0.25) is 0 Å². The Hall–Kier alpha value is -2.76. The van der Waals surface area contributed by atoms with E-state index in [4.69, 9.17) is 14.2 Å². The Morgan fingerprint density at radius 1 is 1.00 bits per heavy atom. The highest BCUT2D eigenvalue weighted by atomic mass is 127. The minimum atomic E-state index is -0.623. The fourth-order valence-electron chi connectivity index (χ4n) is 3.67. The molecule has 0 spiro atoms. The van der Waals surface area contributed by atoms with Crippen LogP contribution in [0.25, 0.3) is 6.08 Å². The Balaban J connectivity index is 1.87. The summed E-state index contributed by atoms with van der Waals surface area (Å²) in [5.41, 5.74) is 2.21. The number of ether oxygens (including phenoxy) is 3. The van der Waals surface area contributed by atoms with Crippen LogP contribution in [0.3, 0.4) is 0 Å². The third-order valence-corrected chi connectivity index (χ3v) is 8.33. The van der Waals surface area contributed by atoms with Crippen molar-refractivity contribution in [2.45, 2.75) is 33.8 Å². The van der Waals surface area contributed by atoms with Crippen molar-refractivity contribution in [3.8, 4) is 11.8 Å². The van der Waals surface area contributed by atoms with Crippen molar-refractivity contribution < 1.29 is 28.6 Å². The molecule has 0 aliphatic carbocycles. The van der Waals surface area contributed by atoms with Gasteiger partial charge in [0.05, 0.1) is 31.5 Å². The van der Waals surface area contributed by atoms with Crippen molar-refractivity contribution in [3.63, 3.8) is 0 Å². The van der Waals surface area contributed by atoms with Crippen LogP contribution >= 0.6 is 56.5 Å². The third kappa shape index (κ3) is 7.89. The van der Waals surface area contributed by atoms with Gasteiger partial charge in [0.15, 0.2) is 5.78 Å². The van der Waals surface area contributed by atoms with E-state index in [9.17, 15) is 19.6 Å². The van der Waals surface area contributed by atoms with Crippen molar-refractivity contribution in [1.29, 1.82) is 5.26 Å². The molecule has 0 saturated carbocycles. The average molecular weight is 769 g/mol. The first kappa shape index (κ1) is 30.8. The molecule has 0 saturated heterocycles. The van der Waals surface area contributed by atoms with Crippen molar-refractivity contribution in [2.75, 3.05) is 13.2 Å². The van der Waals surface area contributed by atoms with E-state index in [1.54, 1.807) is 20.8 Å². The average Bonchev–Trinajstić information content (AvgIpc) is 3.23. The molecule has 202 valence electrons. The number of benzene rings is 2. The molecule has 39 heavy (non-hydrogen) atoms. The molecule has 1 aromatic heterocycles. The Bertz CT molecular complexity index is 1430. The number of hydrogen-bond acceptors (Lipinski definition) is 8. The smallest absolute Gasteiger partial charge is 0.348 e. The van der Waals surface area contributed by atoms with Gasteiger partial charge in [-0.3, -0.25) is 4.79 Å². The highest BCUT2D eigenvalue weighted by Crippen LogP contribution is 2.32. The van der Waals surface area contributed by atoms with Crippen LogP contribution in [-0.2, 0) is 27.3 Å². The van der Waals surface area contributed by atoms with Crippen LogP contribution < -0.4 is 4.74 Å². The van der Waals surface area contributed by atoms with Crippen LogP contribution in [0.15, 0.2) is 48.0 Å². The zero-order chi connectivity index (χ0) is 28.5. The molecule has 0 fully saturated rings. The summed E-state index contributed by atoms with van der Waals surface area (Å²) < 4.78 is 18.0. The number of rotatable bonds is 11. The zero-order valence-electron chi connectivity index (χ0n) is 21.5. The topological polar surface area (TPSA) is 103 Å². The number of hydrogen-bond donors (Lipinski definition) is 0. The molecule has 0 bridgehead atoms. The number of thiophene rings is 1. The van der Waals surface area contributed by atoms with Crippen LogP contribution in [0.5, 0.6) is 5.75 Å². The van der Waals surface area contributed by atoms with Gasteiger partial charge < -0.3 is 14.2 Å². The van der Waals surface area contributed by atoms with E-state index in [0.717, 1.165) is 29.8 Å². The third-order valence-electron chi connectivity index (χ3n) is 5.46. The molecule has 0 N–H and O–H groups in total.